The highest BCUT2D eigenvalue weighted by molar-refractivity contribution is 5.94. The number of hydrogen-bond acceptors (Lipinski definition) is 4. The molecule has 0 bridgehead atoms. The van der Waals surface area contributed by atoms with Crippen LogP contribution in [0.2, 0.25) is 0 Å². The van der Waals surface area contributed by atoms with Crippen LogP contribution >= 0.6 is 0 Å². The van der Waals surface area contributed by atoms with Crippen LogP contribution in [0.5, 0.6) is 11.5 Å². The maximum absolute atomic E-state index is 12.7. The Morgan fingerprint density at radius 1 is 0.815 bits per heavy atom. The largest absolute Gasteiger partial charge is 0.456 e. The van der Waals surface area contributed by atoms with Crippen molar-refractivity contribution in [2.24, 2.45) is 0 Å². The van der Waals surface area contributed by atoms with Crippen molar-refractivity contribution in [2.45, 2.75) is 52.8 Å². The minimum Gasteiger partial charge on any atom is -0.456 e. The van der Waals surface area contributed by atoms with Crippen LogP contribution in [0.15, 0.2) is 54.6 Å². The summed E-state index contributed by atoms with van der Waals surface area (Å²) in [5.41, 5.74) is 0.279. The molecule has 0 aromatic heterocycles. The van der Waals surface area contributed by atoms with E-state index in [1.54, 1.807) is 48.2 Å². The molecule has 1 unspecified atom stereocenters. The Hall–Kier alpha value is -2.82. The van der Waals surface area contributed by atoms with Crippen LogP contribution in [0.3, 0.4) is 0 Å². The van der Waals surface area contributed by atoms with Crippen molar-refractivity contribution in [1.29, 1.82) is 0 Å². The number of ether oxygens (including phenoxy) is 2. The zero-order valence-electron chi connectivity index (χ0n) is 16.5. The third-order valence-corrected chi connectivity index (χ3v) is 4.08. The molecule has 27 heavy (non-hydrogen) atoms. The molecule has 144 valence electrons. The van der Waals surface area contributed by atoms with E-state index in [1.807, 2.05) is 45.9 Å². The van der Waals surface area contributed by atoms with E-state index < -0.39 is 12.1 Å². The van der Waals surface area contributed by atoms with Crippen LogP contribution in [0.25, 0.3) is 0 Å². The van der Waals surface area contributed by atoms with Crippen molar-refractivity contribution in [3.63, 3.8) is 0 Å². The molecule has 0 aliphatic heterocycles. The van der Waals surface area contributed by atoms with Crippen LogP contribution in [0, 0.1) is 0 Å². The van der Waals surface area contributed by atoms with Crippen LogP contribution in [0.4, 0.5) is 0 Å². The van der Waals surface area contributed by atoms with Crippen molar-refractivity contribution in [1.82, 2.24) is 4.90 Å². The van der Waals surface area contributed by atoms with Crippen molar-refractivity contribution in [3.05, 3.63) is 60.2 Å². The second kappa shape index (κ2) is 9.21. The molecular weight excluding hydrogens is 342 g/mol. The van der Waals surface area contributed by atoms with Gasteiger partial charge in [-0.3, -0.25) is 4.79 Å². The molecule has 0 heterocycles. The summed E-state index contributed by atoms with van der Waals surface area (Å²) in [4.78, 5) is 27.1. The molecule has 0 fully saturated rings. The van der Waals surface area contributed by atoms with Crippen molar-refractivity contribution >= 4 is 11.9 Å². The first-order valence-corrected chi connectivity index (χ1v) is 9.16. The van der Waals surface area contributed by atoms with E-state index in [9.17, 15) is 9.59 Å². The quantitative estimate of drug-likeness (QED) is 0.666. The fraction of sp³-hybridized carbons (Fsp3) is 0.364. The number of amides is 1. The normalized spacial score (nSPS) is 12.0. The molecule has 2 aromatic carbocycles. The Bertz CT molecular complexity index is 763. The number of hydrogen-bond donors (Lipinski definition) is 0. The Kier molecular flexibility index (Phi) is 6.99. The molecule has 2 rings (SSSR count). The minimum absolute atomic E-state index is 0.0207. The Balaban J connectivity index is 2.15. The number of carbonyl (C=O) groups excluding carboxylic acids is 2. The number of para-hydroxylation sites is 2. The highest BCUT2D eigenvalue weighted by Crippen LogP contribution is 2.26. The summed E-state index contributed by atoms with van der Waals surface area (Å²) in [7, 11) is 0. The summed E-state index contributed by atoms with van der Waals surface area (Å²) >= 11 is 0. The second-order valence-corrected chi connectivity index (χ2v) is 6.89. The first kappa shape index (κ1) is 20.5. The molecule has 0 saturated heterocycles. The summed E-state index contributed by atoms with van der Waals surface area (Å²) in [6, 6.07) is 16.1. The van der Waals surface area contributed by atoms with Gasteiger partial charge < -0.3 is 14.4 Å². The highest BCUT2D eigenvalue weighted by atomic mass is 16.5. The Morgan fingerprint density at radius 3 is 1.96 bits per heavy atom. The number of benzene rings is 2. The predicted molar refractivity (Wildman–Crippen MR) is 105 cm³/mol. The number of carbonyl (C=O) groups is 2. The van der Waals surface area contributed by atoms with Gasteiger partial charge in [-0.25, -0.2) is 4.79 Å². The molecule has 0 spiro atoms. The average Bonchev–Trinajstić information content (AvgIpc) is 2.62. The second-order valence-electron chi connectivity index (χ2n) is 6.89. The van der Waals surface area contributed by atoms with Gasteiger partial charge in [0.15, 0.2) is 6.10 Å². The lowest BCUT2D eigenvalue weighted by Crippen LogP contribution is -2.47. The van der Waals surface area contributed by atoms with Gasteiger partial charge in [0.1, 0.15) is 17.1 Å². The zero-order chi connectivity index (χ0) is 20.0. The molecule has 5 heteroatoms. The number of nitrogens with zero attached hydrogens (tertiary/aromatic N) is 1. The molecule has 0 aliphatic carbocycles. The van der Waals surface area contributed by atoms with Crippen LogP contribution in [-0.4, -0.2) is 35.0 Å². The molecule has 2 aromatic rings. The third-order valence-electron chi connectivity index (χ3n) is 4.08. The number of rotatable bonds is 7. The summed E-state index contributed by atoms with van der Waals surface area (Å²) in [5, 5.41) is 0. The average molecular weight is 369 g/mol. The topological polar surface area (TPSA) is 55.8 Å². The van der Waals surface area contributed by atoms with Crippen LogP contribution < -0.4 is 4.74 Å². The van der Waals surface area contributed by atoms with E-state index in [2.05, 4.69) is 0 Å². The predicted octanol–water partition coefficient (Wildman–Crippen LogP) is 4.67. The van der Waals surface area contributed by atoms with E-state index in [0.29, 0.717) is 11.5 Å². The molecular formula is C22H27NO4. The third kappa shape index (κ3) is 5.33. The van der Waals surface area contributed by atoms with Gasteiger partial charge in [0, 0.05) is 12.1 Å². The number of esters is 1. The molecule has 0 N–H and O–H groups in total. The summed E-state index contributed by atoms with van der Waals surface area (Å²) in [5.74, 6) is 0.204. The van der Waals surface area contributed by atoms with Gasteiger partial charge in [0.25, 0.3) is 5.91 Å². The summed E-state index contributed by atoms with van der Waals surface area (Å²) in [6.45, 7) is 9.36. The monoisotopic (exact) mass is 369 g/mol. The maximum atomic E-state index is 12.7. The van der Waals surface area contributed by atoms with Gasteiger partial charge in [-0.1, -0.05) is 30.3 Å². The molecule has 1 atom stereocenters. The molecule has 0 radical (unpaired) electrons. The minimum atomic E-state index is -0.882. The fourth-order valence-electron chi connectivity index (χ4n) is 2.93. The van der Waals surface area contributed by atoms with Crippen molar-refractivity contribution in [2.75, 3.05) is 0 Å². The van der Waals surface area contributed by atoms with E-state index in [1.165, 1.54) is 0 Å². The first-order valence-electron chi connectivity index (χ1n) is 9.16. The van der Waals surface area contributed by atoms with Gasteiger partial charge >= 0.3 is 5.97 Å². The highest BCUT2D eigenvalue weighted by Gasteiger charge is 2.28. The smallest absolute Gasteiger partial charge is 0.342 e. The van der Waals surface area contributed by atoms with Crippen LogP contribution in [0.1, 0.15) is 45.0 Å². The first-order chi connectivity index (χ1) is 12.8. The zero-order valence-corrected chi connectivity index (χ0v) is 16.5. The molecule has 1 amide bonds. The Morgan fingerprint density at radius 2 is 1.37 bits per heavy atom. The van der Waals surface area contributed by atoms with Gasteiger partial charge in [0.2, 0.25) is 0 Å². The van der Waals surface area contributed by atoms with Gasteiger partial charge in [0.05, 0.1) is 0 Å². The van der Waals surface area contributed by atoms with Gasteiger partial charge in [-0.15, -0.1) is 0 Å². The van der Waals surface area contributed by atoms with Gasteiger partial charge in [-0.2, -0.15) is 0 Å². The van der Waals surface area contributed by atoms with Crippen LogP contribution in [-0.2, 0) is 9.53 Å². The lowest BCUT2D eigenvalue weighted by Gasteiger charge is -2.32. The summed E-state index contributed by atoms with van der Waals surface area (Å²) in [6.07, 6.45) is -0.882. The SMILES string of the molecule is CC(OC(=O)c1ccccc1Oc1ccccc1)C(=O)N(C(C)C)C(C)C. The Labute approximate surface area is 160 Å². The lowest BCUT2D eigenvalue weighted by molar-refractivity contribution is -0.143. The van der Waals surface area contributed by atoms with E-state index in [0.717, 1.165) is 0 Å². The molecule has 0 saturated carbocycles. The molecule has 5 nitrogen and oxygen atoms in total. The van der Waals surface area contributed by atoms with E-state index >= 15 is 0 Å². The standard InChI is InChI=1S/C22H27NO4/c1-15(2)23(16(3)4)21(24)17(5)26-22(25)19-13-9-10-14-20(19)27-18-11-7-6-8-12-18/h6-17H,1-5H3. The van der Waals surface area contributed by atoms with Crippen molar-refractivity contribution < 1.29 is 19.1 Å². The summed E-state index contributed by atoms with van der Waals surface area (Å²) < 4.78 is 11.2. The van der Waals surface area contributed by atoms with Gasteiger partial charge in [-0.05, 0) is 58.9 Å². The molecule has 0 aliphatic rings. The maximum Gasteiger partial charge on any atom is 0.342 e. The lowest BCUT2D eigenvalue weighted by atomic mass is 10.2. The van der Waals surface area contributed by atoms with E-state index in [4.69, 9.17) is 9.47 Å². The van der Waals surface area contributed by atoms with Crippen molar-refractivity contribution in [3.8, 4) is 11.5 Å². The van der Waals surface area contributed by atoms with E-state index in [-0.39, 0.29) is 23.6 Å². The fourth-order valence-corrected chi connectivity index (χ4v) is 2.93.